The summed E-state index contributed by atoms with van der Waals surface area (Å²) in [6.45, 7) is -0.526. The average molecular weight is 433 g/mol. The number of benzene rings is 2. The van der Waals surface area contributed by atoms with Gasteiger partial charge in [-0.2, -0.15) is 0 Å². The van der Waals surface area contributed by atoms with E-state index in [-0.39, 0.29) is 9.90 Å². The summed E-state index contributed by atoms with van der Waals surface area (Å²) in [7, 11) is 0. The van der Waals surface area contributed by atoms with E-state index >= 15 is 0 Å². The lowest BCUT2D eigenvalue weighted by Crippen LogP contribution is -2.20. The van der Waals surface area contributed by atoms with Gasteiger partial charge in [-0.1, -0.05) is 34.8 Å². The second-order valence-electron chi connectivity index (χ2n) is 5.17. The predicted octanol–water partition coefficient (Wildman–Crippen LogP) is 5.80. The molecular weight excluding hydrogens is 424 g/mol. The van der Waals surface area contributed by atoms with Gasteiger partial charge in [-0.15, -0.1) is 11.3 Å². The van der Waals surface area contributed by atoms with Gasteiger partial charge in [0.05, 0.1) is 5.02 Å². The van der Waals surface area contributed by atoms with Crippen LogP contribution < -0.4 is 5.32 Å². The number of amides is 1. The van der Waals surface area contributed by atoms with Crippen LogP contribution in [0.25, 0.3) is 10.1 Å². The molecule has 26 heavy (non-hydrogen) atoms. The molecule has 0 aliphatic heterocycles. The molecule has 3 rings (SSSR count). The third-order valence-corrected chi connectivity index (χ3v) is 5.33. The van der Waals surface area contributed by atoms with E-state index in [0.29, 0.717) is 25.8 Å². The summed E-state index contributed by atoms with van der Waals surface area (Å²) in [6.07, 6.45) is 0. The van der Waals surface area contributed by atoms with Crippen LogP contribution in [0.5, 0.6) is 0 Å². The molecule has 1 N–H and O–H groups in total. The first kappa shape index (κ1) is 18.9. The number of fused-ring (bicyclic) bond motifs is 1. The number of hydrogen-bond donors (Lipinski definition) is 1. The Balaban J connectivity index is 1.67. The van der Waals surface area contributed by atoms with Crippen molar-refractivity contribution in [3.63, 3.8) is 0 Å². The van der Waals surface area contributed by atoms with Crippen molar-refractivity contribution in [2.24, 2.45) is 0 Å². The van der Waals surface area contributed by atoms with Crippen LogP contribution in [0.1, 0.15) is 9.67 Å². The minimum Gasteiger partial charge on any atom is -0.451 e. The van der Waals surface area contributed by atoms with Crippen molar-refractivity contribution >= 4 is 73.8 Å². The minimum absolute atomic E-state index is 0.103. The van der Waals surface area contributed by atoms with E-state index < -0.39 is 24.3 Å². The van der Waals surface area contributed by atoms with Gasteiger partial charge in [-0.3, -0.25) is 4.79 Å². The quantitative estimate of drug-likeness (QED) is 0.530. The lowest BCUT2D eigenvalue weighted by atomic mass is 10.2. The fourth-order valence-corrected chi connectivity index (χ4v) is 4.14. The summed E-state index contributed by atoms with van der Waals surface area (Å²) in [6, 6.07) is 8.54. The van der Waals surface area contributed by atoms with Gasteiger partial charge in [0.15, 0.2) is 6.61 Å². The zero-order valence-corrected chi connectivity index (χ0v) is 15.9. The van der Waals surface area contributed by atoms with Crippen LogP contribution in [0.2, 0.25) is 15.1 Å². The topological polar surface area (TPSA) is 55.4 Å². The maximum Gasteiger partial charge on any atom is 0.350 e. The SMILES string of the molecule is O=C(COC(=O)c1sc2cc(F)ccc2c1Cl)Nc1cc(Cl)cc(Cl)c1. The van der Waals surface area contributed by atoms with Crippen molar-refractivity contribution in [1.29, 1.82) is 0 Å². The molecule has 0 saturated carbocycles. The van der Waals surface area contributed by atoms with Gasteiger partial charge in [0, 0.05) is 25.8 Å². The summed E-state index contributed by atoms with van der Waals surface area (Å²) >= 11 is 18.8. The Hall–Kier alpha value is -1.86. The van der Waals surface area contributed by atoms with Crippen LogP contribution in [-0.4, -0.2) is 18.5 Å². The van der Waals surface area contributed by atoms with E-state index in [1.54, 1.807) is 0 Å². The number of halogens is 4. The maximum atomic E-state index is 13.3. The highest BCUT2D eigenvalue weighted by atomic mass is 35.5. The minimum atomic E-state index is -0.768. The molecule has 2 aromatic carbocycles. The lowest BCUT2D eigenvalue weighted by molar-refractivity contribution is -0.119. The van der Waals surface area contributed by atoms with Crippen LogP contribution in [0.4, 0.5) is 10.1 Å². The van der Waals surface area contributed by atoms with Crippen LogP contribution in [-0.2, 0) is 9.53 Å². The van der Waals surface area contributed by atoms with Gasteiger partial charge in [-0.05, 0) is 36.4 Å². The molecule has 4 nitrogen and oxygen atoms in total. The average Bonchev–Trinajstić information content (AvgIpc) is 2.88. The van der Waals surface area contributed by atoms with Crippen molar-refractivity contribution in [2.45, 2.75) is 0 Å². The van der Waals surface area contributed by atoms with Gasteiger partial charge < -0.3 is 10.1 Å². The van der Waals surface area contributed by atoms with Crippen molar-refractivity contribution in [2.75, 3.05) is 11.9 Å². The highest BCUT2D eigenvalue weighted by molar-refractivity contribution is 7.21. The number of ether oxygens (including phenoxy) is 1. The first-order chi connectivity index (χ1) is 12.3. The van der Waals surface area contributed by atoms with E-state index in [1.807, 2.05) is 0 Å². The molecule has 0 fully saturated rings. The van der Waals surface area contributed by atoms with E-state index in [9.17, 15) is 14.0 Å². The standard InChI is InChI=1S/C17H9Cl3FNO3S/c18-8-3-9(19)5-11(4-8)22-14(23)7-25-17(24)16-15(20)12-2-1-10(21)6-13(12)26-16/h1-6H,7H2,(H,22,23). The van der Waals surface area contributed by atoms with Gasteiger partial charge in [0.2, 0.25) is 0 Å². The first-order valence-corrected chi connectivity index (χ1v) is 9.09. The lowest BCUT2D eigenvalue weighted by Gasteiger charge is -2.07. The third kappa shape index (κ3) is 4.27. The highest BCUT2D eigenvalue weighted by Gasteiger charge is 2.20. The molecule has 0 aliphatic rings. The summed E-state index contributed by atoms with van der Waals surface area (Å²) in [5, 5.41) is 3.93. The zero-order chi connectivity index (χ0) is 18.8. The number of nitrogens with one attached hydrogen (secondary N) is 1. The molecule has 1 amide bonds. The molecule has 134 valence electrons. The molecule has 0 radical (unpaired) electrons. The van der Waals surface area contributed by atoms with Gasteiger partial charge in [0.25, 0.3) is 5.91 Å². The number of hydrogen-bond acceptors (Lipinski definition) is 4. The fraction of sp³-hybridized carbons (Fsp3) is 0.0588. The molecule has 0 atom stereocenters. The van der Waals surface area contributed by atoms with E-state index in [4.69, 9.17) is 39.5 Å². The smallest absolute Gasteiger partial charge is 0.350 e. The fourth-order valence-electron chi connectivity index (χ4n) is 2.19. The number of thiophene rings is 1. The molecule has 0 unspecified atom stereocenters. The van der Waals surface area contributed by atoms with Crippen molar-refractivity contribution in [3.8, 4) is 0 Å². The monoisotopic (exact) mass is 431 g/mol. The second kappa shape index (κ2) is 7.80. The molecule has 0 bridgehead atoms. The predicted molar refractivity (Wildman–Crippen MR) is 102 cm³/mol. The summed E-state index contributed by atoms with van der Waals surface area (Å²) in [5.41, 5.74) is 0.374. The Morgan fingerprint density at radius 3 is 2.46 bits per heavy atom. The number of anilines is 1. The van der Waals surface area contributed by atoms with Gasteiger partial charge in [0.1, 0.15) is 10.7 Å². The molecule has 0 aliphatic carbocycles. The largest absolute Gasteiger partial charge is 0.451 e. The van der Waals surface area contributed by atoms with Crippen molar-refractivity contribution in [3.05, 3.63) is 62.2 Å². The number of rotatable bonds is 4. The molecular formula is C17H9Cl3FNO3S. The van der Waals surface area contributed by atoms with Crippen molar-refractivity contribution < 1.29 is 18.7 Å². The molecule has 3 aromatic rings. The van der Waals surface area contributed by atoms with Crippen LogP contribution >= 0.6 is 46.1 Å². The van der Waals surface area contributed by atoms with Crippen LogP contribution in [0.15, 0.2) is 36.4 Å². The second-order valence-corrected chi connectivity index (χ2v) is 7.47. The van der Waals surface area contributed by atoms with E-state index in [2.05, 4.69) is 5.32 Å². The Morgan fingerprint density at radius 2 is 1.77 bits per heavy atom. The Labute approximate surface area is 166 Å². The summed E-state index contributed by atoms with van der Waals surface area (Å²) in [4.78, 5) is 24.2. The Morgan fingerprint density at radius 1 is 1.08 bits per heavy atom. The number of esters is 1. The Bertz CT molecular complexity index is 1000. The van der Waals surface area contributed by atoms with Crippen LogP contribution in [0.3, 0.4) is 0 Å². The maximum absolute atomic E-state index is 13.3. The molecule has 0 saturated heterocycles. The van der Waals surface area contributed by atoms with E-state index in [1.165, 1.54) is 36.4 Å². The molecule has 0 spiro atoms. The molecule has 1 heterocycles. The first-order valence-electron chi connectivity index (χ1n) is 7.14. The highest BCUT2D eigenvalue weighted by Crippen LogP contribution is 2.36. The van der Waals surface area contributed by atoms with Crippen molar-refractivity contribution in [1.82, 2.24) is 0 Å². The normalized spacial score (nSPS) is 10.8. The van der Waals surface area contributed by atoms with Gasteiger partial charge >= 0.3 is 5.97 Å². The summed E-state index contributed by atoms with van der Waals surface area (Å²) in [5.74, 6) is -1.77. The summed E-state index contributed by atoms with van der Waals surface area (Å²) < 4.78 is 18.8. The Kier molecular flexibility index (Phi) is 5.67. The van der Waals surface area contributed by atoms with Gasteiger partial charge in [-0.25, -0.2) is 9.18 Å². The van der Waals surface area contributed by atoms with Crippen LogP contribution in [0, 0.1) is 5.82 Å². The number of carbonyl (C=O) groups is 2. The van der Waals surface area contributed by atoms with E-state index in [0.717, 1.165) is 11.3 Å². The molecule has 1 aromatic heterocycles. The third-order valence-electron chi connectivity index (χ3n) is 3.26. The zero-order valence-electron chi connectivity index (χ0n) is 12.8. The number of carbonyl (C=O) groups excluding carboxylic acids is 2. The molecule has 9 heteroatoms.